The summed E-state index contributed by atoms with van der Waals surface area (Å²) in [5.41, 5.74) is 2.56. The van der Waals surface area contributed by atoms with Crippen molar-refractivity contribution in [2.24, 2.45) is 11.8 Å². The molecule has 0 amide bonds. The van der Waals surface area contributed by atoms with Crippen molar-refractivity contribution >= 4 is 16.9 Å². The van der Waals surface area contributed by atoms with Gasteiger partial charge in [0.1, 0.15) is 11.5 Å². The highest BCUT2D eigenvalue weighted by atomic mass is 16.5. The van der Waals surface area contributed by atoms with Gasteiger partial charge in [-0.05, 0) is 91.7 Å². The number of fused-ring (bicyclic) bond motifs is 1. The molecule has 0 bridgehead atoms. The third-order valence-electron chi connectivity index (χ3n) is 7.19. The van der Waals surface area contributed by atoms with Crippen LogP contribution in [0.25, 0.3) is 10.9 Å². The lowest BCUT2D eigenvalue weighted by Crippen LogP contribution is -2.41. The van der Waals surface area contributed by atoms with Gasteiger partial charge >= 0.3 is 5.97 Å². The lowest BCUT2D eigenvalue weighted by atomic mass is 9.79. The minimum atomic E-state index is -0.783. The number of aliphatic carboxylic acids is 1. The average molecular weight is 503 g/mol. The highest BCUT2D eigenvalue weighted by Crippen LogP contribution is 2.34. The van der Waals surface area contributed by atoms with E-state index in [1.807, 2.05) is 48.5 Å². The number of carboxylic acids is 1. The van der Waals surface area contributed by atoms with Crippen molar-refractivity contribution in [3.05, 3.63) is 65.9 Å². The van der Waals surface area contributed by atoms with Crippen LogP contribution < -0.4 is 9.47 Å². The van der Waals surface area contributed by atoms with Gasteiger partial charge in [0, 0.05) is 30.1 Å². The number of carboxylic acid groups (broad SMARTS) is 1. The van der Waals surface area contributed by atoms with Crippen molar-refractivity contribution in [2.45, 2.75) is 31.8 Å². The number of aromatic nitrogens is 1. The highest BCUT2D eigenvalue weighted by Gasteiger charge is 2.31. The number of ether oxygens (including phenoxy) is 2. The lowest BCUT2D eigenvalue weighted by molar-refractivity contribution is -0.139. The van der Waals surface area contributed by atoms with Gasteiger partial charge in [-0.1, -0.05) is 11.8 Å². The van der Waals surface area contributed by atoms with Gasteiger partial charge in [-0.2, -0.15) is 0 Å². The summed E-state index contributed by atoms with van der Waals surface area (Å²) in [6.45, 7) is 2.16. The van der Waals surface area contributed by atoms with Gasteiger partial charge in [-0.15, -0.1) is 0 Å². The Morgan fingerprint density at radius 2 is 1.86 bits per heavy atom. The molecule has 1 saturated heterocycles. The van der Waals surface area contributed by atoms with E-state index >= 15 is 0 Å². The Kier molecular flexibility index (Phi) is 8.99. The minimum absolute atomic E-state index is 0.0236. The molecule has 0 saturated carbocycles. The molecular weight excluding hydrogens is 468 g/mol. The third kappa shape index (κ3) is 7.00. The second-order valence-electron chi connectivity index (χ2n) is 9.55. The van der Waals surface area contributed by atoms with Crippen LogP contribution in [0.1, 0.15) is 42.9 Å². The van der Waals surface area contributed by atoms with Crippen LogP contribution in [0.5, 0.6) is 11.5 Å². The Morgan fingerprint density at radius 3 is 2.59 bits per heavy atom. The van der Waals surface area contributed by atoms with Gasteiger partial charge in [0.05, 0.1) is 32.4 Å². The second kappa shape index (κ2) is 12.6. The molecule has 3 atom stereocenters. The molecule has 37 heavy (non-hydrogen) atoms. The molecule has 1 aliphatic heterocycles. The first-order valence-corrected chi connectivity index (χ1v) is 12.6. The zero-order valence-corrected chi connectivity index (χ0v) is 21.4. The molecule has 4 rings (SSSR count). The van der Waals surface area contributed by atoms with E-state index in [2.05, 4.69) is 21.7 Å². The monoisotopic (exact) mass is 502 g/mol. The van der Waals surface area contributed by atoms with Crippen LogP contribution in [0.3, 0.4) is 0 Å². The fourth-order valence-electron chi connectivity index (χ4n) is 5.15. The number of hydrogen-bond acceptors (Lipinski definition) is 6. The number of pyridine rings is 1. The SMILES string of the molecule is COc1ccc(C#CCN2CC[C@@H](CCC(O)c3ccnc4ccc(OC)cc34)[C@@H](CC(=O)O)C2)cc1. The quantitative estimate of drug-likeness (QED) is 0.415. The molecular formula is C30H34N2O5. The van der Waals surface area contributed by atoms with Gasteiger partial charge in [0.15, 0.2) is 0 Å². The first-order valence-electron chi connectivity index (χ1n) is 12.6. The van der Waals surface area contributed by atoms with E-state index in [1.165, 1.54) is 0 Å². The molecule has 7 heteroatoms. The minimum Gasteiger partial charge on any atom is -0.497 e. The lowest BCUT2D eigenvalue weighted by Gasteiger charge is -2.37. The Hall–Kier alpha value is -3.60. The summed E-state index contributed by atoms with van der Waals surface area (Å²) < 4.78 is 10.5. The largest absolute Gasteiger partial charge is 0.497 e. The smallest absolute Gasteiger partial charge is 0.303 e. The van der Waals surface area contributed by atoms with Crippen LogP contribution in [0.2, 0.25) is 0 Å². The maximum absolute atomic E-state index is 11.6. The molecule has 2 heterocycles. The van der Waals surface area contributed by atoms with E-state index in [0.717, 1.165) is 52.9 Å². The second-order valence-corrected chi connectivity index (χ2v) is 9.55. The standard InChI is InChI=1S/C30H34N2O5/c1-36-24-8-5-21(6-9-24)4-3-16-32-17-14-22(23(20-32)18-30(34)35)7-12-29(33)26-13-15-31-28-11-10-25(37-2)19-27(26)28/h5-6,8-11,13,15,19,22-23,29,33H,7,12,14,16-18,20H2,1-2H3,(H,34,35)/t22-,23+,29?/m1/s1. The number of aliphatic hydroxyl groups is 1. The number of aliphatic hydroxyl groups excluding tert-OH is 1. The summed E-state index contributed by atoms with van der Waals surface area (Å²) in [7, 11) is 3.25. The summed E-state index contributed by atoms with van der Waals surface area (Å²) in [5.74, 6) is 7.40. The van der Waals surface area contributed by atoms with E-state index in [-0.39, 0.29) is 18.3 Å². The Labute approximate surface area is 218 Å². The van der Waals surface area contributed by atoms with Crippen molar-refractivity contribution in [3.63, 3.8) is 0 Å². The molecule has 2 aromatic carbocycles. The number of rotatable bonds is 9. The predicted octanol–water partition coefficient (Wildman–Crippen LogP) is 4.53. The van der Waals surface area contributed by atoms with Gasteiger partial charge in [0.2, 0.25) is 0 Å². The Balaban J connectivity index is 1.37. The first-order chi connectivity index (χ1) is 18.0. The number of benzene rings is 2. The van der Waals surface area contributed by atoms with E-state index in [1.54, 1.807) is 20.4 Å². The number of methoxy groups -OCH3 is 2. The molecule has 1 unspecified atom stereocenters. The Morgan fingerprint density at radius 1 is 1.11 bits per heavy atom. The number of likely N-dealkylation sites (tertiary alicyclic amines) is 1. The summed E-state index contributed by atoms with van der Waals surface area (Å²) in [4.78, 5) is 18.2. The molecule has 0 aliphatic carbocycles. The number of nitrogens with zero attached hydrogens (tertiary/aromatic N) is 2. The topological polar surface area (TPSA) is 92.1 Å². The van der Waals surface area contributed by atoms with Crippen molar-refractivity contribution < 1.29 is 24.5 Å². The number of piperidine rings is 1. The summed E-state index contributed by atoms with van der Waals surface area (Å²) in [5, 5.41) is 21.5. The van der Waals surface area contributed by atoms with Crippen LogP contribution >= 0.6 is 0 Å². The van der Waals surface area contributed by atoms with Gasteiger partial charge < -0.3 is 19.7 Å². The maximum Gasteiger partial charge on any atom is 0.303 e. The Bertz CT molecular complexity index is 1260. The maximum atomic E-state index is 11.6. The van der Waals surface area contributed by atoms with Gasteiger partial charge in [-0.3, -0.25) is 14.7 Å². The average Bonchev–Trinajstić information content (AvgIpc) is 2.91. The van der Waals surface area contributed by atoms with Gasteiger partial charge in [-0.25, -0.2) is 0 Å². The normalized spacial score (nSPS) is 18.6. The number of carbonyl (C=O) groups is 1. The molecule has 1 aromatic heterocycles. The summed E-state index contributed by atoms with van der Waals surface area (Å²) in [6.07, 6.45) is 3.40. The fraction of sp³-hybridized carbons (Fsp3) is 0.400. The molecule has 1 fully saturated rings. The van der Waals surface area contributed by atoms with Crippen LogP contribution in [0.15, 0.2) is 54.7 Å². The van der Waals surface area contributed by atoms with E-state index < -0.39 is 12.1 Å². The third-order valence-corrected chi connectivity index (χ3v) is 7.19. The zero-order chi connectivity index (χ0) is 26.2. The molecule has 0 radical (unpaired) electrons. The first kappa shape index (κ1) is 26.5. The van der Waals surface area contributed by atoms with Crippen LogP contribution in [-0.4, -0.2) is 59.9 Å². The fourth-order valence-corrected chi connectivity index (χ4v) is 5.15. The summed E-state index contributed by atoms with van der Waals surface area (Å²) >= 11 is 0. The van der Waals surface area contributed by atoms with Crippen molar-refractivity contribution in [1.82, 2.24) is 9.88 Å². The molecule has 2 N–H and O–H groups in total. The van der Waals surface area contributed by atoms with Crippen LogP contribution in [0.4, 0.5) is 0 Å². The van der Waals surface area contributed by atoms with Crippen molar-refractivity contribution in [3.8, 4) is 23.3 Å². The van der Waals surface area contributed by atoms with Crippen molar-refractivity contribution in [1.29, 1.82) is 0 Å². The molecule has 194 valence electrons. The molecule has 3 aromatic rings. The van der Waals surface area contributed by atoms with Crippen molar-refractivity contribution in [2.75, 3.05) is 33.9 Å². The zero-order valence-electron chi connectivity index (χ0n) is 21.4. The summed E-state index contributed by atoms with van der Waals surface area (Å²) in [6, 6.07) is 15.1. The van der Waals surface area contributed by atoms with E-state index in [4.69, 9.17) is 9.47 Å². The molecule has 7 nitrogen and oxygen atoms in total. The van der Waals surface area contributed by atoms with Crippen LogP contribution in [-0.2, 0) is 4.79 Å². The highest BCUT2D eigenvalue weighted by molar-refractivity contribution is 5.83. The number of hydrogen-bond donors (Lipinski definition) is 2. The predicted molar refractivity (Wildman–Crippen MR) is 143 cm³/mol. The van der Waals surface area contributed by atoms with E-state index in [9.17, 15) is 15.0 Å². The van der Waals surface area contributed by atoms with Crippen LogP contribution in [0, 0.1) is 23.7 Å². The van der Waals surface area contributed by atoms with Gasteiger partial charge in [0.25, 0.3) is 0 Å². The van der Waals surface area contributed by atoms with E-state index in [0.29, 0.717) is 19.5 Å². The molecule has 0 spiro atoms. The molecule has 1 aliphatic rings.